The molecule has 6 nitrogen and oxygen atoms in total. The summed E-state index contributed by atoms with van der Waals surface area (Å²) in [7, 11) is -3.94. The van der Waals surface area contributed by atoms with Gasteiger partial charge in [0.25, 0.3) is 15.9 Å². The lowest BCUT2D eigenvalue weighted by Crippen LogP contribution is -2.40. The SMILES string of the molecule is CC(C)NC(=O)[C@@H](C)Oc1ccc(S(=O)(=O)Nc2ccccc2F)cc1. The Labute approximate surface area is 152 Å². The first kappa shape index (κ1) is 19.7. The van der Waals surface area contributed by atoms with E-state index >= 15 is 0 Å². The van der Waals surface area contributed by atoms with Crippen LogP contribution in [0.4, 0.5) is 10.1 Å². The molecule has 0 saturated carbocycles. The molecule has 1 amide bonds. The third-order valence-corrected chi connectivity index (χ3v) is 4.75. The lowest BCUT2D eigenvalue weighted by atomic mass is 10.3. The minimum atomic E-state index is -3.94. The maximum absolute atomic E-state index is 13.6. The van der Waals surface area contributed by atoms with Gasteiger partial charge in [0.05, 0.1) is 10.6 Å². The summed E-state index contributed by atoms with van der Waals surface area (Å²) in [4.78, 5) is 11.8. The molecule has 0 radical (unpaired) electrons. The lowest BCUT2D eigenvalue weighted by Gasteiger charge is -2.16. The number of halogens is 1. The number of benzene rings is 2. The van der Waals surface area contributed by atoms with Gasteiger partial charge in [-0.3, -0.25) is 9.52 Å². The Kier molecular flexibility index (Phi) is 6.20. The molecule has 140 valence electrons. The Hall–Kier alpha value is -2.61. The van der Waals surface area contributed by atoms with Crippen molar-refractivity contribution in [2.24, 2.45) is 0 Å². The van der Waals surface area contributed by atoms with E-state index in [0.29, 0.717) is 5.75 Å². The molecule has 26 heavy (non-hydrogen) atoms. The Morgan fingerprint density at radius 3 is 2.23 bits per heavy atom. The average Bonchev–Trinajstić information content (AvgIpc) is 2.56. The predicted octanol–water partition coefficient (Wildman–Crippen LogP) is 2.92. The molecule has 2 aromatic rings. The Morgan fingerprint density at radius 2 is 1.65 bits per heavy atom. The second-order valence-electron chi connectivity index (χ2n) is 5.98. The molecule has 0 aliphatic rings. The van der Waals surface area contributed by atoms with E-state index in [-0.39, 0.29) is 22.5 Å². The number of ether oxygens (including phenoxy) is 1. The van der Waals surface area contributed by atoms with Gasteiger partial charge >= 0.3 is 0 Å². The van der Waals surface area contributed by atoms with Gasteiger partial charge in [0.1, 0.15) is 11.6 Å². The lowest BCUT2D eigenvalue weighted by molar-refractivity contribution is -0.127. The van der Waals surface area contributed by atoms with Gasteiger partial charge < -0.3 is 10.1 Å². The van der Waals surface area contributed by atoms with E-state index in [9.17, 15) is 17.6 Å². The van der Waals surface area contributed by atoms with Crippen LogP contribution in [0, 0.1) is 5.82 Å². The predicted molar refractivity (Wildman–Crippen MR) is 97.0 cm³/mol. The molecule has 8 heteroatoms. The van der Waals surface area contributed by atoms with Crippen LogP contribution in [0.3, 0.4) is 0 Å². The summed E-state index contributed by atoms with van der Waals surface area (Å²) in [5, 5.41) is 2.73. The zero-order valence-electron chi connectivity index (χ0n) is 14.7. The largest absolute Gasteiger partial charge is 0.481 e. The van der Waals surface area contributed by atoms with Gasteiger partial charge in [0.15, 0.2) is 6.10 Å². The number of para-hydroxylation sites is 1. The topological polar surface area (TPSA) is 84.5 Å². The van der Waals surface area contributed by atoms with Gasteiger partial charge in [-0.2, -0.15) is 0 Å². The standard InChI is InChI=1S/C18H21FN2O4S/c1-12(2)20-18(22)13(3)25-14-8-10-15(11-9-14)26(23,24)21-17-7-5-4-6-16(17)19/h4-13,21H,1-3H3,(H,20,22)/t13-/m1/s1. The molecule has 0 aliphatic heterocycles. The van der Waals surface area contributed by atoms with E-state index in [1.165, 1.54) is 48.5 Å². The zero-order valence-corrected chi connectivity index (χ0v) is 15.5. The van der Waals surface area contributed by atoms with Crippen LogP contribution < -0.4 is 14.8 Å². The third kappa shape index (κ3) is 5.19. The van der Waals surface area contributed by atoms with E-state index in [4.69, 9.17) is 4.74 Å². The maximum Gasteiger partial charge on any atom is 0.261 e. The molecule has 0 saturated heterocycles. The second-order valence-corrected chi connectivity index (χ2v) is 7.66. The Bertz CT molecular complexity index is 867. The first-order valence-electron chi connectivity index (χ1n) is 8.03. The van der Waals surface area contributed by atoms with Crippen molar-refractivity contribution in [3.8, 4) is 5.75 Å². The van der Waals surface area contributed by atoms with Gasteiger partial charge in [0.2, 0.25) is 0 Å². The van der Waals surface area contributed by atoms with Crippen LogP contribution in [0.25, 0.3) is 0 Å². The molecule has 2 N–H and O–H groups in total. The number of amides is 1. The Balaban J connectivity index is 2.08. The highest BCUT2D eigenvalue weighted by Gasteiger charge is 2.18. The maximum atomic E-state index is 13.6. The number of hydrogen-bond acceptors (Lipinski definition) is 4. The van der Waals surface area contributed by atoms with E-state index in [2.05, 4.69) is 10.0 Å². The summed E-state index contributed by atoms with van der Waals surface area (Å²) in [5.41, 5.74) is -0.133. The van der Waals surface area contributed by atoms with Gasteiger partial charge in [-0.05, 0) is 57.2 Å². The molecular formula is C18H21FN2O4S. The highest BCUT2D eigenvalue weighted by Crippen LogP contribution is 2.21. The van der Waals surface area contributed by atoms with E-state index in [1.807, 2.05) is 13.8 Å². The first-order chi connectivity index (χ1) is 12.2. The van der Waals surface area contributed by atoms with Crippen molar-refractivity contribution in [1.29, 1.82) is 0 Å². The summed E-state index contributed by atoms with van der Waals surface area (Å²) >= 11 is 0. The quantitative estimate of drug-likeness (QED) is 0.774. The van der Waals surface area contributed by atoms with Crippen molar-refractivity contribution in [3.63, 3.8) is 0 Å². The summed E-state index contributed by atoms with van der Waals surface area (Å²) in [6.07, 6.45) is -0.726. The van der Waals surface area contributed by atoms with Crippen LogP contribution in [0.15, 0.2) is 53.4 Å². The molecule has 2 aromatic carbocycles. The van der Waals surface area contributed by atoms with E-state index in [0.717, 1.165) is 0 Å². The first-order valence-corrected chi connectivity index (χ1v) is 9.52. The van der Waals surface area contributed by atoms with E-state index in [1.54, 1.807) is 6.92 Å². The number of anilines is 1. The van der Waals surface area contributed by atoms with Crippen molar-refractivity contribution in [2.75, 3.05) is 4.72 Å². The molecular weight excluding hydrogens is 359 g/mol. The van der Waals surface area contributed by atoms with Gasteiger partial charge in [0, 0.05) is 6.04 Å². The fraction of sp³-hybridized carbons (Fsp3) is 0.278. The zero-order chi connectivity index (χ0) is 19.3. The van der Waals surface area contributed by atoms with Crippen LogP contribution in [-0.2, 0) is 14.8 Å². The summed E-state index contributed by atoms with van der Waals surface area (Å²) in [5.74, 6) is -0.583. The minimum absolute atomic E-state index is 0.00877. The summed E-state index contributed by atoms with van der Waals surface area (Å²) in [6.45, 7) is 5.28. The number of nitrogens with one attached hydrogen (secondary N) is 2. The monoisotopic (exact) mass is 380 g/mol. The molecule has 0 bridgehead atoms. The van der Waals surface area contributed by atoms with Crippen LogP contribution in [0.1, 0.15) is 20.8 Å². The third-order valence-electron chi connectivity index (χ3n) is 3.37. The highest BCUT2D eigenvalue weighted by atomic mass is 32.2. The number of carbonyl (C=O) groups excluding carboxylic acids is 1. The van der Waals surface area contributed by atoms with Crippen molar-refractivity contribution >= 4 is 21.6 Å². The number of hydrogen-bond donors (Lipinski definition) is 2. The number of sulfonamides is 1. The average molecular weight is 380 g/mol. The smallest absolute Gasteiger partial charge is 0.261 e. The molecule has 0 heterocycles. The second kappa shape index (κ2) is 8.18. The van der Waals surface area contributed by atoms with Gasteiger partial charge in [-0.25, -0.2) is 12.8 Å². The van der Waals surface area contributed by atoms with Crippen molar-refractivity contribution < 1.29 is 22.3 Å². The van der Waals surface area contributed by atoms with Crippen molar-refractivity contribution in [3.05, 3.63) is 54.3 Å². The highest BCUT2D eigenvalue weighted by molar-refractivity contribution is 7.92. The van der Waals surface area contributed by atoms with Crippen LogP contribution in [0.5, 0.6) is 5.75 Å². The summed E-state index contributed by atoms with van der Waals surface area (Å²) in [6, 6.07) is 11.0. The summed E-state index contributed by atoms with van der Waals surface area (Å²) < 4.78 is 46.0. The van der Waals surface area contributed by atoms with E-state index < -0.39 is 21.9 Å². The molecule has 0 unspecified atom stereocenters. The Morgan fingerprint density at radius 1 is 1.04 bits per heavy atom. The number of carbonyl (C=O) groups is 1. The van der Waals surface area contributed by atoms with Gasteiger partial charge in [-0.15, -0.1) is 0 Å². The normalized spacial score (nSPS) is 12.5. The van der Waals surface area contributed by atoms with Gasteiger partial charge in [-0.1, -0.05) is 12.1 Å². The van der Waals surface area contributed by atoms with Crippen molar-refractivity contribution in [2.45, 2.75) is 37.8 Å². The molecule has 0 aliphatic carbocycles. The fourth-order valence-electron chi connectivity index (χ4n) is 2.10. The molecule has 2 rings (SSSR count). The number of rotatable bonds is 7. The van der Waals surface area contributed by atoms with Crippen LogP contribution in [-0.4, -0.2) is 26.5 Å². The molecule has 0 fully saturated rings. The van der Waals surface area contributed by atoms with Crippen LogP contribution >= 0.6 is 0 Å². The van der Waals surface area contributed by atoms with Crippen molar-refractivity contribution in [1.82, 2.24) is 5.32 Å². The fourth-order valence-corrected chi connectivity index (χ4v) is 3.17. The minimum Gasteiger partial charge on any atom is -0.481 e. The molecule has 0 aromatic heterocycles. The molecule has 1 atom stereocenters. The van der Waals surface area contributed by atoms with Crippen LogP contribution in [0.2, 0.25) is 0 Å². The molecule has 0 spiro atoms.